The first-order valence-corrected chi connectivity index (χ1v) is 5.47. The van der Waals surface area contributed by atoms with Gasteiger partial charge in [0.15, 0.2) is 5.69 Å². The molecule has 0 spiro atoms. The van der Waals surface area contributed by atoms with Gasteiger partial charge in [-0.2, -0.15) is 0 Å². The number of halogens is 1. The minimum atomic E-state index is -1.10. The van der Waals surface area contributed by atoms with Crippen LogP contribution in [-0.4, -0.2) is 25.4 Å². The summed E-state index contributed by atoms with van der Waals surface area (Å²) in [6.07, 6.45) is 4.66. The Morgan fingerprint density at radius 2 is 1.89 bits per heavy atom. The highest BCUT2D eigenvalue weighted by atomic mass is 19.1. The molecule has 3 aromatic rings. The maximum Gasteiger partial charge on any atom is 0.356 e. The van der Waals surface area contributed by atoms with Gasteiger partial charge in [-0.05, 0) is 17.7 Å². The first-order chi connectivity index (χ1) is 9.13. The summed E-state index contributed by atoms with van der Waals surface area (Å²) >= 11 is 0. The number of carbonyl (C=O) groups is 1. The summed E-state index contributed by atoms with van der Waals surface area (Å²) in [6.45, 7) is 0. The lowest BCUT2D eigenvalue weighted by Gasteiger charge is -2.01. The van der Waals surface area contributed by atoms with Gasteiger partial charge < -0.3 is 5.11 Å². The molecule has 19 heavy (non-hydrogen) atoms. The fourth-order valence-electron chi connectivity index (χ4n) is 1.78. The predicted octanol–water partition coefficient (Wildman–Crippen LogP) is 2.23. The van der Waals surface area contributed by atoms with Crippen molar-refractivity contribution in [1.82, 2.24) is 14.4 Å². The first-order valence-electron chi connectivity index (χ1n) is 5.47. The molecular formula is C13H8FN3O2. The van der Waals surface area contributed by atoms with Crippen molar-refractivity contribution in [3.8, 4) is 11.1 Å². The van der Waals surface area contributed by atoms with E-state index < -0.39 is 5.97 Å². The number of carboxylic acids is 1. The molecule has 0 aliphatic heterocycles. The highest BCUT2D eigenvalue weighted by molar-refractivity contribution is 5.85. The van der Waals surface area contributed by atoms with E-state index in [9.17, 15) is 9.18 Å². The van der Waals surface area contributed by atoms with Gasteiger partial charge in [-0.25, -0.2) is 19.2 Å². The molecule has 5 nitrogen and oxygen atoms in total. The van der Waals surface area contributed by atoms with Gasteiger partial charge in [-0.3, -0.25) is 4.40 Å². The van der Waals surface area contributed by atoms with Crippen LogP contribution in [0.5, 0.6) is 0 Å². The Kier molecular flexibility index (Phi) is 2.49. The number of hydrogen-bond acceptors (Lipinski definition) is 3. The molecule has 0 saturated carbocycles. The number of aromatic carboxylic acids is 1. The summed E-state index contributed by atoms with van der Waals surface area (Å²) in [5.74, 6) is -1.11. The van der Waals surface area contributed by atoms with Crippen molar-refractivity contribution >= 4 is 11.7 Å². The smallest absolute Gasteiger partial charge is 0.356 e. The highest BCUT2D eigenvalue weighted by Gasteiger charge is 2.10. The van der Waals surface area contributed by atoms with Crippen LogP contribution in [0.2, 0.25) is 0 Å². The monoisotopic (exact) mass is 257 g/mol. The van der Waals surface area contributed by atoms with E-state index >= 15 is 0 Å². The maximum atomic E-state index is 12.9. The van der Waals surface area contributed by atoms with Crippen LogP contribution in [0.25, 0.3) is 16.9 Å². The zero-order valence-corrected chi connectivity index (χ0v) is 9.62. The van der Waals surface area contributed by atoms with Crippen LogP contribution >= 0.6 is 0 Å². The molecule has 0 bridgehead atoms. The molecule has 94 valence electrons. The van der Waals surface area contributed by atoms with Crippen LogP contribution in [0.15, 0.2) is 42.9 Å². The van der Waals surface area contributed by atoms with Gasteiger partial charge in [0.05, 0.1) is 0 Å². The zero-order chi connectivity index (χ0) is 13.4. The number of rotatable bonds is 2. The normalized spacial score (nSPS) is 10.8. The van der Waals surface area contributed by atoms with E-state index in [0.717, 1.165) is 11.1 Å². The molecule has 0 aliphatic carbocycles. The summed E-state index contributed by atoms with van der Waals surface area (Å²) in [5, 5.41) is 8.86. The van der Waals surface area contributed by atoms with Gasteiger partial charge in [-0.15, -0.1) is 0 Å². The fourth-order valence-corrected chi connectivity index (χ4v) is 1.78. The van der Waals surface area contributed by atoms with Crippen molar-refractivity contribution in [3.63, 3.8) is 0 Å². The molecule has 0 atom stereocenters. The fraction of sp³-hybridized carbons (Fsp3) is 0. The summed E-state index contributed by atoms with van der Waals surface area (Å²) in [5.41, 5.74) is 1.48. The van der Waals surface area contributed by atoms with Gasteiger partial charge in [0.25, 0.3) is 0 Å². The lowest BCUT2D eigenvalue weighted by Crippen LogP contribution is -1.94. The average Bonchev–Trinajstić information content (AvgIpc) is 2.82. The van der Waals surface area contributed by atoms with Crippen LogP contribution < -0.4 is 0 Å². The number of hydrogen-bond donors (Lipinski definition) is 1. The lowest BCUT2D eigenvalue weighted by atomic mass is 10.1. The second-order valence-electron chi connectivity index (χ2n) is 3.99. The van der Waals surface area contributed by atoms with Gasteiger partial charge in [-0.1, -0.05) is 12.1 Å². The SMILES string of the molecule is O=C(O)c1cn2cc(-c3ccc(F)cc3)cnc2n1. The van der Waals surface area contributed by atoms with Crippen LogP contribution in [0.1, 0.15) is 10.5 Å². The van der Waals surface area contributed by atoms with Crippen molar-refractivity contribution < 1.29 is 14.3 Å². The molecule has 3 rings (SSSR count). The summed E-state index contributed by atoms with van der Waals surface area (Å²) < 4.78 is 14.4. The first kappa shape index (κ1) is 11.3. The van der Waals surface area contributed by atoms with E-state index in [1.807, 2.05) is 0 Å². The maximum absolute atomic E-state index is 12.9. The molecular weight excluding hydrogens is 249 g/mol. The lowest BCUT2D eigenvalue weighted by molar-refractivity contribution is 0.0691. The van der Waals surface area contributed by atoms with Gasteiger partial charge in [0, 0.05) is 24.2 Å². The van der Waals surface area contributed by atoms with Gasteiger partial charge in [0.2, 0.25) is 5.78 Å². The predicted molar refractivity (Wildman–Crippen MR) is 65.3 cm³/mol. The van der Waals surface area contributed by atoms with E-state index in [2.05, 4.69) is 9.97 Å². The summed E-state index contributed by atoms with van der Waals surface area (Å²) in [4.78, 5) is 18.7. The highest BCUT2D eigenvalue weighted by Crippen LogP contribution is 2.19. The van der Waals surface area contributed by atoms with E-state index in [-0.39, 0.29) is 11.5 Å². The number of benzene rings is 1. The van der Waals surface area contributed by atoms with Crippen molar-refractivity contribution in [2.75, 3.05) is 0 Å². The number of imidazole rings is 1. The molecule has 0 fully saturated rings. The quantitative estimate of drug-likeness (QED) is 0.764. The minimum Gasteiger partial charge on any atom is -0.476 e. The third kappa shape index (κ3) is 2.03. The van der Waals surface area contributed by atoms with Crippen LogP contribution in [0.3, 0.4) is 0 Å². The molecule has 1 N–H and O–H groups in total. The summed E-state index contributed by atoms with van der Waals surface area (Å²) in [7, 11) is 0. The Hall–Kier alpha value is -2.76. The van der Waals surface area contributed by atoms with Crippen molar-refractivity contribution in [3.05, 3.63) is 54.4 Å². The Labute approximate surface area is 107 Å². The van der Waals surface area contributed by atoms with Gasteiger partial charge in [0.1, 0.15) is 5.82 Å². The Bertz CT molecular complexity index is 765. The van der Waals surface area contributed by atoms with Gasteiger partial charge >= 0.3 is 5.97 Å². The molecule has 6 heteroatoms. The van der Waals surface area contributed by atoms with E-state index in [4.69, 9.17) is 5.11 Å². The number of carboxylic acid groups (broad SMARTS) is 1. The summed E-state index contributed by atoms with van der Waals surface area (Å²) in [6, 6.07) is 5.98. The minimum absolute atomic E-state index is 0.0660. The Morgan fingerprint density at radius 3 is 2.58 bits per heavy atom. The molecule has 0 unspecified atom stereocenters. The zero-order valence-electron chi connectivity index (χ0n) is 9.62. The molecule has 0 amide bonds. The topological polar surface area (TPSA) is 67.5 Å². The average molecular weight is 257 g/mol. The number of fused-ring (bicyclic) bond motifs is 1. The van der Waals surface area contributed by atoms with Crippen LogP contribution in [0.4, 0.5) is 4.39 Å². The number of aromatic nitrogens is 3. The van der Waals surface area contributed by atoms with E-state index in [0.29, 0.717) is 5.78 Å². The molecule has 2 aromatic heterocycles. The van der Waals surface area contributed by atoms with Crippen molar-refractivity contribution in [2.45, 2.75) is 0 Å². The third-order valence-electron chi connectivity index (χ3n) is 2.71. The number of nitrogens with zero attached hydrogens (tertiary/aromatic N) is 3. The van der Waals surface area contributed by atoms with E-state index in [1.54, 1.807) is 24.5 Å². The van der Waals surface area contributed by atoms with Crippen LogP contribution in [-0.2, 0) is 0 Å². The molecule has 0 aliphatic rings. The Morgan fingerprint density at radius 1 is 1.16 bits per heavy atom. The van der Waals surface area contributed by atoms with Crippen molar-refractivity contribution in [1.29, 1.82) is 0 Å². The second-order valence-corrected chi connectivity index (χ2v) is 3.99. The van der Waals surface area contributed by atoms with Crippen molar-refractivity contribution in [2.24, 2.45) is 0 Å². The Balaban J connectivity index is 2.10. The third-order valence-corrected chi connectivity index (χ3v) is 2.71. The van der Waals surface area contributed by atoms with Crippen LogP contribution in [0, 0.1) is 5.82 Å². The second kappa shape index (κ2) is 4.16. The largest absolute Gasteiger partial charge is 0.476 e. The molecule has 2 heterocycles. The molecule has 1 aromatic carbocycles. The standard InChI is InChI=1S/C13H8FN3O2/c14-10-3-1-8(2-4-10)9-5-15-13-16-11(12(18)19)7-17(13)6-9/h1-7H,(H,18,19). The molecule has 0 radical (unpaired) electrons. The molecule has 0 saturated heterocycles. The van der Waals surface area contributed by atoms with E-state index in [1.165, 1.54) is 22.7 Å².